The first-order chi connectivity index (χ1) is 15.6. The summed E-state index contributed by atoms with van der Waals surface area (Å²) in [5.74, 6) is -2.46. The van der Waals surface area contributed by atoms with Crippen LogP contribution in [0, 0.1) is 0 Å². The molecule has 2 heterocycles. The van der Waals surface area contributed by atoms with Gasteiger partial charge in [0.05, 0.1) is 10.7 Å². The van der Waals surface area contributed by atoms with Crippen LogP contribution < -0.4 is 4.90 Å². The van der Waals surface area contributed by atoms with Gasteiger partial charge >= 0.3 is 12.1 Å². The van der Waals surface area contributed by atoms with Crippen LogP contribution in [0.4, 0.5) is 18.9 Å². The van der Waals surface area contributed by atoms with Gasteiger partial charge in [0.2, 0.25) is 5.91 Å². The molecule has 0 radical (unpaired) electrons. The summed E-state index contributed by atoms with van der Waals surface area (Å²) >= 11 is 6.45. The Morgan fingerprint density at radius 3 is 2.15 bits per heavy atom. The molecule has 33 heavy (non-hydrogen) atoms. The number of carboxylic acids is 1. The Morgan fingerprint density at radius 1 is 1.03 bits per heavy atom. The molecule has 1 aliphatic heterocycles. The number of benzene rings is 2. The highest BCUT2D eigenvalue weighted by Crippen LogP contribution is 2.40. The standard InChI is InChI=1S/C21H17ClN2O2.C2HF3O2/c22-18-13-15(6-7-19(18)24-12-2-5-20(24)25)17-4-1-3-16(21(17)26)14-8-10-23-11-9-14;3-2(4,5)1(6)7/h1,3-4,6-11,13,26H,2,5,12H2;(H,6,7). The zero-order valence-corrected chi connectivity index (χ0v) is 17.8. The highest BCUT2D eigenvalue weighted by atomic mass is 35.5. The first kappa shape index (κ1) is 24.1. The number of hydrogen-bond acceptors (Lipinski definition) is 4. The highest BCUT2D eigenvalue weighted by Gasteiger charge is 2.38. The minimum atomic E-state index is -5.08. The van der Waals surface area contributed by atoms with Crippen molar-refractivity contribution in [3.05, 3.63) is 65.9 Å². The number of nitrogens with zero attached hydrogens (tertiary/aromatic N) is 2. The highest BCUT2D eigenvalue weighted by molar-refractivity contribution is 6.34. The van der Waals surface area contributed by atoms with Gasteiger partial charge in [0.1, 0.15) is 5.75 Å². The van der Waals surface area contributed by atoms with E-state index in [0.29, 0.717) is 23.6 Å². The lowest BCUT2D eigenvalue weighted by atomic mass is 9.97. The number of hydrogen-bond donors (Lipinski definition) is 2. The Hall–Kier alpha value is -3.59. The summed E-state index contributed by atoms with van der Waals surface area (Å²) in [6.45, 7) is 0.695. The van der Waals surface area contributed by atoms with E-state index in [4.69, 9.17) is 21.5 Å². The van der Waals surface area contributed by atoms with Gasteiger partial charge in [-0.05, 0) is 41.8 Å². The fourth-order valence-electron chi connectivity index (χ4n) is 3.34. The summed E-state index contributed by atoms with van der Waals surface area (Å²) in [5, 5.41) is 18.4. The summed E-state index contributed by atoms with van der Waals surface area (Å²) in [7, 11) is 0. The largest absolute Gasteiger partial charge is 0.507 e. The Balaban J connectivity index is 0.000000383. The molecule has 1 amide bonds. The molecule has 1 saturated heterocycles. The van der Waals surface area contributed by atoms with Gasteiger partial charge in [-0.15, -0.1) is 0 Å². The normalized spacial score (nSPS) is 13.5. The number of phenolic OH excluding ortho intramolecular Hbond substituents is 1. The number of aromatic hydroxyl groups is 1. The van der Waals surface area contributed by atoms with Crippen molar-refractivity contribution in [3.8, 4) is 28.0 Å². The second-order valence-corrected chi connectivity index (χ2v) is 7.46. The number of rotatable bonds is 3. The summed E-state index contributed by atoms with van der Waals surface area (Å²) in [4.78, 5) is 26.6. The molecule has 0 atom stereocenters. The number of aromatic nitrogens is 1. The SMILES string of the molecule is O=C(O)C(F)(F)F.O=C1CCCN1c1ccc(-c2cccc(-c3ccncc3)c2O)cc1Cl. The quantitative estimate of drug-likeness (QED) is 0.516. The average molecular weight is 479 g/mol. The molecule has 10 heteroatoms. The molecule has 0 bridgehead atoms. The second kappa shape index (κ2) is 9.91. The molecule has 0 aliphatic carbocycles. The predicted octanol–water partition coefficient (Wildman–Crippen LogP) is 5.53. The first-order valence-corrected chi connectivity index (χ1v) is 10.1. The number of pyridine rings is 1. The van der Waals surface area contributed by atoms with Crippen LogP contribution in [-0.4, -0.2) is 39.8 Å². The molecule has 2 N–H and O–H groups in total. The number of carbonyl (C=O) groups excluding carboxylic acids is 1. The van der Waals surface area contributed by atoms with Crippen LogP contribution in [0.2, 0.25) is 5.02 Å². The number of para-hydroxylation sites is 1. The van der Waals surface area contributed by atoms with Gasteiger partial charge in [-0.2, -0.15) is 13.2 Å². The number of halogens is 4. The maximum atomic E-state index is 12.0. The smallest absolute Gasteiger partial charge is 0.490 e. The second-order valence-electron chi connectivity index (χ2n) is 7.06. The van der Waals surface area contributed by atoms with Gasteiger partial charge in [0, 0.05) is 36.5 Å². The van der Waals surface area contributed by atoms with E-state index in [-0.39, 0.29) is 11.7 Å². The molecule has 0 spiro atoms. The van der Waals surface area contributed by atoms with Crippen LogP contribution >= 0.6 is 11.6 Å². The number of phenols is 1. The van der Waals surface area contributed by atoms with E-state index in [9.17, 15) is 23.1 Å². The van der Waals surface area contributed by atoms with Crippen LogP contribution in [-0.2, 0) is 9.59 Å². The Labute approximate surface area is 191 Å². The van der Waals surface area contributed by atoms with Crippen molar-refractivity contribution >= 4 is 29.2 Å². The molecule has 6 nitrogen and oxygen atoms in total. The number of amides is 1. The molecule has 0 saturated carbocycles. The maximum absolute atomic E-state index is 12.0. The van der Waals surface area contributed by atoms with E-state index in [1.165, 1.54) is 0 Å². The number of alkyl halides is 3. The third-order valence-electron chi connectivity index (χ3n) is 4.89. The molecule has 1 fully saturated rings. The fourth-order valence-corrected chi connectivity index (χ4v) is 3.62. The van der Waals surface area contributed by atoms with Gasteiger partial charge in [-0.3, -0.25) is 9.78 Å². The number of aliphatic carboxylic acids is 1. The third kappa shape index (κ3) is 5.61. The topological polar surface area (TPSA) is 90.7 Å². The predicted molar refractivity (Wildman–Crippen MR) is 117 cm³/mol. The van der Waals surface area contributed by atoms with Gasteiger partial charge in [-0.1, -0.05) is 35.9 Å². The van der Waals surface area contributed by atoms with Crippen molar-refractivity contribution in [2.24, 2.45) is 0 Å². The van der Waals surface area contributed by atoms with Crippen LogP contribution in [0.15, 0.2) is 60.9 Å². The summed E-state index contributed by atoms with van der Waals surface area (Å²) < 4.78 is 31.7. The zero-order valence-electron chi connectivity index (χ0n) is 17.0. The molecule has 1 aromatic heterocycles. The number of carboxylic acid groups (broad SMARTS) is 1. The van der Waals surface area contributed by atoms with E-state index >= 15 is 0 Å². The van der Waals surface area contributed by atoms with Crippen molar-refractivity contribution in [2.45, 2.75) is 19.0 Å². The van der Waals surface area contributed by atoms with Gasteiger partial charge in [-0.25, -0.2) is 4.79 Å². The van der Waals surface area contributed by atoms with Crippen molar-refractivity contribution in [1.29, 1.82) is 0 Å². The number of anilines is 1. The Bertz CT molecular complexity index is 1170. The van der Waals surface area contributed by atoms with E-state index in [0.717, 1.165) is 28.8 Å². The fraction of sp³-hybridized carbons (Fsp3) is 0.174. The number of carbonyl (C=O) groups is 2. The lowest BCUT2D eigenvalue weighted by Gasteiger charge is -2.18. The monoisotopic (exact) mass is 478 g/mol. The van der Waals surface area contributed by atoms with Crippen molar-refractivity contribution in [2.75, 3.05) is 11.4 Å². The lowest BCUT2D eigenvalue weighted by molar-refractivity contribution is -0.192. The van der Waals surface area contributed by atoms with Crippen LogP contribution in [0.25, 0.3) is 22.3 Å². The molecule has 1 aliphatic rings. The lowest BCUT2D eigenvalue weighted by Crippen LogP contribution is -2.23. The van der Waals surface area contributed by atoms with Gasteiger partial charge in [0.25, 0.3) is 0 Å². The minimum Gasteiger partial charge on any atom is -0.507 e. The van der Waals surface area contributed by atoms with E-state index in [1.807, 2.05) is 42.5 Å². The van der Waals surface area contributed by atoms with E-state index in [2.05, 4.69) is 4.98 Å². The van der Waals surface area contributed by atoms with Crippen molar-refractivity contribution < 1.29 is 33.0 Å². The van der Waals surface area contributed by atoms with Crippen LogP contribution in [0.1, 0.15) is 12.8 Å². The zero-order chi connectivity index (χ0) is 24.2. The van der Waals surface area contributed by atoms with Crippen molar-refractivity contribution in [1.82, 2.24) is 4.98 Å². The van der Waals surface area contributed by atoms with Gasteiger partial charge in [0.15, 0.2) is 0 Å². The molecule has 4 rings (SSSR count). The molecular formula is C23H18ClF3N2O4. The first-order valence-electron chi connectivity index (χ1n) is 9.72. The molecular weight excluding hydrogens is 461 g/mol. The molecule has 172 valence electrons. The third-order valence-corrected chi connectivity index (χ3v) is 5.20. The summed E-state index contributed by atoms with van der Waals surface area (Å²) in [6, 6.07) is 14.9. The van der Waals surface area contributed by atoms with Crippen LogP contribution in [0.3, 0.4) is 0 Å². The summed E-state index contributed by atoms with van der Waals surface area (Å²) in [5.41, 5.74) is 3.85. The maximum Gasteiger partial charge on any atom is 0.490 e. The molecule has 3 aromatic rings. The van der Waals surface area contributed by atoms with Crippen molar-refractivity contribution in [3.63, 3.8) is 0 Å². The van der Waals surface area contributed by atoms with E-state index in [1.54, 1.807) is 23.4 Å². The van der Waals surface area contributed by atoms with E-state index < -0.39 is 12.1 Å². The average Bonchev–Trinajstić information content (AvgIpc) is 3.20. The summed E-state index contributed by atoms with van der Waals surface area (Å²) in [6.07, 6.45) is -0.279. The molecule has 0 unspecified atom stereocenters. The Kier molecular flexibility index (Phi) is 7.23. The van der Waals surface area contributed by atoms with Gasteiger partial charge < -0.3 is 15.1 Å². The molecule has 2 aromatic carbocycles. The van der Waals surface area contributed by atoms with Crippen LogP contribution in [0.5, 0.6) is 5.75 Å². The minimum absolute atomic E-state index is 0.0992. The Morgan fingerprint density at radius 2 is 1.64 bits per heavy atom.